The lowest BCUT2D eigenvalue weighted by Gasteiger charge is -2.14. The SMILES string of the molecule is Nc1ccc2c(c1)CN(C(=O)c1csc3ccccc13)C2. The van der Waals surface area contributed by atoms with E-state index in [1.165, 1.54) is 5.56 Å². The van der Waals surface area contributed by atoms with Gasteiger partial charge in [0.1, 0.15) is 0 Å². The molecule has 0 saturated carbocycles. The van der Waals surface area contributed by atoms with Crippen molar-refractivity contribution >= 4 is 33.0 Å². The molecule has 0 spiro atoms. The van der Waals surface area contributed by atoms with Gasteiger partial charge < -0.3 is 10.6 Å². The Hall–Kier alpha value is -2.33. The van der Waals surface area contributed by atoms with Crippen LogP contribution in [-0.2, 0) is 13.1 Å². The smallest absolute Gasteiger partial charge is 0.255 e. The first-order chi connectivity index (χ1) is 10.2. The van der Waals surface area contributed by atoms with Gasteiger partial charge in [-0.05, 0) is 29.3 Å². The molecule has 0 atom stereocenters. The van der Waals surface area contributed by atoms with Gasteiger partial charge in [0.05, 0.1) is 5.56 Å². The molecule has 4 heteroatoms. The molecule has 0 saturated heterocycles. The summed E-state index contributed by atoms with van der Waals surface area (Å²) in [5.41, 5.74) is 9.72. The Balaban J connectivity index is 1.68. The van der Waals surface area contributed by atoms with Gasteiger partial charge in [0.2, 0.25) is 0 Å². The summed E-state index contributed by atoms with van der Waals surface area (Å²) in [5, 5.41) is 3.01. The number of benzene rings is 2. The molecule has 1 aromatic heterocycles. The van der Waals surface area contributed by atoms with Crippen molar-refractivity contribution in [2.45, 2.75) is 13.1 Å². The number of rotatable bonds is 1. The highest BCUT2D eigenvalue weighted by molar-refractivity contribution is 7.17. The van der Waals surface area contributed by atoms with Crippen LogP contribution in [0.5, 0.6) is 0 Å². The van der Waals surface area contributed by atoms with Crippen molar-refractivity contribution in [1.82, 2.24) is 4.90 Å². The minimum Gasteiger partial charge on any atom is -0.399 e. The van der Waals surface area contributed by atoms with Gasteiger partial charge in [0.25, 0.3) is 5.91 Å². The monoisotopic (exact) mass is 294 g/mol. The summed E-state index contributed by atoms with van der Waals surface area (Å²) in [6.45, 7) is 1.31. The molecule has 1 amide bonds. The maximum atomic E-state index is 12.8. The Bertz CT molecular complexity index is 853. The number of hydrogen-bond donors (Lipinski definition) is 1. The highest BCUT2D eigenvalue weighted by Crippen LogP contribution is 2.30. The number of fused-ring (bicyclic) bond motifs is 2. The first kappa shape index (κ1) is 12.4. The number of nitrogens with zero attached hydrogens (tertiary/aromatic N) is 1. The normalized spacial score (nSPS) is 13.6. The maximum absolute atomic E-state index is 12.8. The molecule has 0 radical (unpaired) electrons. The van der Waals surface area contributed by atoms with E-state index < -0.39 is 0 Å². The van der Waals surface area contributed by atoms with Crippen molar-refractivity contribution in [3.63, 3.8) is 0 Å². The van der Waals surface area contributed by atoms with Crippen LogP contribution in [0.1, 0.15) is 21.5 Å². The molecular formula is C17H14N2OS. The molecule has 3 aromatic rings. The van der Waals surface area contributed by atoms with E-state index >= 15 is 0 Å². The van der Waals surface area contributed by atoms with Gasteiger partial charge in [-0.1, -0.05) is 24.3 Å². The summed E-state index contributed by atoms with van der Waals surface area (Å²) in [6.07, 6.45) is 0. The molecule has 21 heavy (non-hydrogen) atoms. The van der Waals surface area contributed by atoms with E-state index in [0.29, 0.717) is 13.1 Å². The van der Waals surface area contributed by atoms with Crippen LogP contribution in [0.4, 0.5) is 5.69 Å². The summed E-state index contributed by atoms with van der Waals surface area (Å²) < 4.78 is 1.15. The third kappa shape index (κ3) is 1.99. The van der Waals surface area contributed by atoms with Crippen LogP contribution in [-0.4, -0.2) is 10.8 Å². The molecule has 1 aliphatic rings. The molecule has 2 aromatic carbocycles. The minimum atomic E-state index is 0.0993. The zero-order chi connectivity index (χ0) is 14.4. The van der Waals surface area contributed by atoms with E-state index in [-0.39, 0.29) is 5.91 Å². The van der Waals surface area contributed by atoms with Crippen molar-refractivity contribution in [3.8, 4) is 0 Å². The maximum Gasteiger partial charge on any atom is 0.255 e. The molecule has 3 nitrogen and oxygen atoms in total. The summed E-state index contributed by atoms with van der Waals surface area (Å²) in [4.78, 5) is 14.7. The molecule has 4 rings (SSSR count). The minimum absolute atomic E-state index is 0.0993. The van der Waals surface area contributed by atoms with E-state index in [2.05, 4.69) is 6.07 Å². The number of hydrogen-bond acceptors (Lipinski definition) is 3. The molecule has 0 fully saturated rings. The zero-order valence-electron chi connectivity index (χ0n) is 11.4. The van der Waals surface area contributed by atoms with Crippen LogP contribution in [0.3, 0.4) is 0 Å². The third-order valence-corrected chi connectivity index (χ3v) is 4.91. The lowest BCUT2D eigenvalue weighted by molar-refractivity contribution is 0.0754. The van der Waals surface area contributed by atoms with Crippen LogP contribution in [0.2, 0.25) is 0 Å². The van der Waals surface area contributed by atoms with E-state index in [1.807, 2.05) is 46.7 Å². The third-order valence-electron chi connectivity index (χ3n) is 3.95. The van der Waals surface area contributed by atoms with Crippen LogP contribution in [0.15, 0.2) is 47.8 Å². The Morgan fingerprint density at radius 1 is 1.10 bits per heavy atom. The van der Waals surface area contributed by atoms with Crippen molar-refractivity contribution in [2.75, 3.05) is 5.73 Å². The predicted molar refractivity (Wildman–Crippen MR) is 86.3 cm³/mol. The molecule has 104 valence electrons. The molecule has 2 N–H and O–H groups in total. The number of nitrogen functional groups attached to an aromatic ring is 1. The van der Waals surface area contributed by atoms with Gasteiger partial charge in [-0.25, -0.2) is 0 Å². The highest BCUT2D eigenvalue weighted by atomic mass is 32.1. The predicted octanol–water partition coefficient (Wildman–Crippen LogP) is 3.64. The van der Waals surface area contributed by atoms with Gasteiger partial charge in [-0.15, -0.1) is 11.3 Å². The van der Waals surface area contributed by atoms with Crippen molar-refractivity contribution in [1.29, 1.82) is 0 Å². The van der Waals surface area contributed by atoms with Gasteiger partial charge in [-0.3, -0.25) is 4.79 Å². The molecule has 0 unspecified atom stereocenters. The van der Waals surface area contributed by atoms with Crippen LogP contribution in [0, 0.1) is 0 Å². The average Bonchev–Trinajstić information content (AvgIpc) is 3.09. The van der Waals surface area contributed by atoms with Crippen LogP contribution < -0.4 is 5.73 Å². The summed E-state index contributed by atoms with van der Waals surface area (Å²) >= 11 is 1.62. The van der Waals surface area contributed by atoms with E-state index in [0.717, 1.165) is 26.9 Å². The first-order valence-corrected chi connectivity index (χ1v) is 7.73. The summed E-state index contributed by atoms with van der Waals surface area (Å²) in [7, 11) is 0. The number of thiophene rings is 1. The average molecular weight is 294 g/mol. The molecule has 2 heterocycles. The van der Waals surface area contributed by atoms with Gasteiger partial charge in [0, 0.05) is 34.2 Å². The molecule has 1 aliphatic heterocycles. The van der Waals surface area contributed by atoms with Gasteiger partial charge in [-0.2, -0.15) is 0 Å². The van der Waals surface area contributed by atoms with Crippen LogP contribution in [0.25, 0.3) is 10.1 Å². The van der Waals surface area contributed by atoms with Gasteiger partial charge in [0.15, 0.2) is 0 Å². The fourth-order valence-electron chi connectivity index (χ4n) is 2.87. The highest BCUT2D eigenvalue weighted by Gasteiger charge is 2.25. The van der Waals surface area contributed by atoms with Crippen LogP contribution >= 0.6 is 11.3 Å². The Kier molecular flexibility index (Phi) is 2.72. The quantitative estimate of drug-likeness (QED) is 0.696. The van der Waals surface area contributed by atoms with Crippen molar-refractivity contribution in [3.05, 3.63) is 64.5 Å². The Labute approximate surface area is 126 Å². The van der Waals surface area contributed by atoms with Crippen molar-refractivity contribution < 1.29 is 4.79 Å². The second-order valence-electron chi connectivity index (χ2n) is 5.33. The van der Waals surface area contributed by atoms with E-state index in [9.17, 15) is 4.79 Å². The molecular weight excluding hydrogens is 280 g/mol. The standard InChI is InChI=1S/C17H14N2OS/c18-13-6-5-11-8-19(9-12(11)7-13)17(20)15-10-21-16-4-2-1-3-14(15)16/h1-7,10H,8-9,18H2. The largest absolute Gasteiger partial charge is 0.399 e. The number of carbonyl (C=O) groups excluding carboxylic acids is 1. The topological polar surface area (TPSA) is 46.3 Å². The number of nitrogens with two attached hydrogens (primary N) is 1. The lowest BCUT2D eigenvalue weighted by atomic mass is 10.1. The summed E-state index contributed by atoms with van der Waals surface area (Å²) in [5.74, 6) is 0.0993. The second-order valence-corrected chi connectivity index (χ2v) is 6.25. The Morgan fingerprint density at radius 2 is 1.90 bits per heavy atom. The molecule has 0 aliphatic carbocycles. The van der Waals surface area contributed by atoms with Crippen molar-refractivity contribution in [2.24, 2.45) is 0 Å². The van der Waals surface area contributed by atoms with Gasteiger partial charge >= 0.3 is 0 Å². The first-order valence-electron chi connectivity index (χ1n) is 6.85. The number of amides is 1. The second kappa shape index (κ2) is 4.60. The zero-order valence-corrected chi connectivity index (χ0v) is 12.2. The lowest BCUT2D eigenvalue weighted by Crippen LogP contribution is -2.24. The number of carbonyl (C=O) groups is 1. The Morgan fingerprint density at radius 3 is 2.81 bits per heavy atom. The fraction of sp³-hybridized carbons (Fsp3) is 0.118. The summed E-state index contributed by atoms with van der Waals surface area (Å²) in [6, 6.07) is 13.9. The fourth-order valence-corrected chi connectivity index (χ4v) is 3.81. The van der Waals surface area contributed by atoms with E-state index in [4.69, 9.17) is 5.73 Å². The molecule has 0 bridgehead atoms. The van der Waals surface area contributed by atoms with E-state index in [1.54, 1.807) is 11.3 Å². The number of anilines is 1.